The maximum absolute atomic E-state index is 13.2. The van der Waals surface area contributed by atoms with E-state index in [0.29, 0.717) is 37.7 Å². The minimum Gasteiger partial charge on any atom is -0.337 e. The maximum atomic E-state index is 13.2. The van der Waals surface area contributed by atoms with Crippen LogP contribution in [0.4, 0.5) is 5.95 Å². The van der Waals surface area contributed by atoms with Crippen LogP contribution in [-0.4, -0.2) is 61.7 Å². The molecule has 0 saturated carbocycles. The van der Waals surface area contributed by atoms with Gasteiger partial charge in [0.2, 0.25) is 5.95 Å². The molecule has 3 aromatic rings. The molecule has 8 heteroatoms. The number of anilines is 1. The lowest BCUT2D eigenvalue weighted by Crippen LogP contribution is -2.49. The van der Waals surface area contributed by atoms with Gasteiger partial charge in [0.1, 0.15) is 0 Å². The van der Waals surface area contributed by atoms with Crippen LogP contribution in [-0.2, 0) is 0 Å². The van der Waals surface area contributed by atoms with Crippen molar-refractivity contribution in [3.8, 4) is 5.82 Å². The molecule has 1 amide bonds. The van der Waals surface area contributed by atoms with Gasteiger partial charge in [-0.2, -0.15) is 5.10 Å². The van der Waals surface area contributed by atoms with E-state index in [1.807, 2.05) is 23.1 Å². The maximum Gasteiger partial charge on any atom is 0.257 e. The van der Waals surface area contributed by atoms with E-state index in [4.69, 9.17) is 0 Å². The van der Waals surface area contributed by atoms with Gasteiger partial charge in [-0.15, -0.1) is 0 Å². The Labute approximate surface area is 163 Å². The number of carbonyl (C=O) groups excluding carboxylic acids is 1. The topological polar surface area (TPSA) is 80.0 Å². The van der Waals surface area contributed by atoms with Crippen molar-refractivity contribution in [3.63, 3.8) is 0 Å². The van der Waals surface area contributed by atoms with Gasteiger partial charge < -0.3 is 9.80 Å². The lowest BCUT2D eigenvalue weighted by Gasteiger charge is -2.34. The van der Waals surface area contributed by atoms with Gasteiger partial charge >= 0.3 is 0 Å². The summed E-state index contributed by atoms with van der Waals surface area (Å²) >= 11 is 0. The number of rotatable bonds is 4. The van der Waals surface area contributed by atoms with Crippen LogP contribution in [0.5, 0.6) is 0 Å². The number of carbonyl (C=O) groups is 1. The van der Waals surface area contributed by atoms with Crippen molar-refractivity contribution in [1.82, 2.24) is 29.6 Å². The monoisotopic (exact) mass is 377 g/mol. The lowest BCUT2D eigenvalue weighted by molar-refractivity contribution is 0.0744. The van der Waals surface area contributed by atoms with Crippen LogP contribution in [0.2, 0.25) is 0 Å². The summed E-state index contributed by atoms with van der Waals surface area (Å²) < 4.78 is 1.77. The van der Waals surface area contributed by atoms with Gasteiger partial charge in [0.15, 0.2) is 5.82 Å². The summed E-state index contributed by atoms with van der Waals surface area (Å²) in [5.74, 6) is 1.58. The van der Waals surface area contributed by atoms with Gasteiger partial charge in [-0.3, -0.25) is 4.79 Å². The molecule has 1 saturated heterocycles. The molecule has 0 radical (unpaired) electrons. The molecule has 4 rings (SSSR count). The highest BCUT2D eigenvalue weighted by Crippen LogP contribution is 2.24. The minimum atomic E-state index is 0.0134. The highest BCUT2D eigenvalue weighted by molar-refractivity contribution is 5.95. The van der Waals surface area contributed by atoms with Gasteiger partial charge in [0.05, 0.1) is 17.5 Å². The fourth-order valence-corrected chi connectivity index (χ4v) is 3.47. The molecule has 8 nitrogen and oxygen atoms in total. The molecule has 1 aliphatic heterocycles. The van der Waals surface area contributed by atoms with Crippen molar-refractivity contribution in [2.75, 3.05) is 31.1 Å². The molecule has 3 aromatic heterocycles. The third-order valence-electron chi connectivity index (χ3n) is 4.85. The predicted octanol–water partition coefficient (Wildman–Crippen LogP) is 2.14. The number of piperazine rings is 1. The van der Waals surface area contributed by atoms with Crippen LogP contribution in [0.25, 0.3) is 5.82 Å². The SMILES string of the molecule is CC(C)c1c(C(=O)N2CCN(c3ncccn3)CC2)cnn1-c1ccccn1. The van der Waals surface area contributed by atoms with E-state index in [9.17, 15) is 4.79 Å². The highest BCUT2D eigenvalue weighted by atomic mass is 16.2. The predicted molar refractivity (Wildman–Crippen MR) is 106 cm³/mol. The molecule has 0 bridgehead atoms. The minimum absolute atomic E-state index is 0.0134. The number of hydrogen-bond acceptors (Lipinski definition) is 6. The van der Waals surface area contributed by atoms with Crippen LogP contribution >= 0.6 is 0 Å². The van der Waals surface area contributed by atoms with Crippen LogP contribution in [0.3, 0.4) is 0 Å². The van der Waals surface area contributed by atoms with Crippen LogP contribution in [0.1, 0.15) is 35.8 Å². The van der Waals surface area contributed by atoms with Crippen LogP contribution in [0, 0.1) is 0 Å². The molecule has 28 heavy (non-hydrogen) atoms. The second-order valence-corrected chi connectivity index (χ2v) is 7.03. The van der Waals surface area contributed by atoms with Crippen molar-refractivity contribution >= 4 is 11.9 Å². The Kier molecular flexibility index (Phi) is 5.01. The Morgan fingerprint density at radius 2 is 1.68 bits per heavy atom. The zero-order valence-electron chi connectivity index (χ0n) is 16.1. The fourth-order valence-electron chi connectivity index (χ4n) is 3.47. The first-order valence-corrected chi connectivity index (χ1v) is 9.45. The standard InChI is InChI=1S/C20H23N7O/c1-15(2)18-16(14-24-27(18)17-6-3-4-7-21-17)19(28)25-10-12-26(13-11-25)20-22-8-5-9-23-20/h3-9,14-15H,10-13H2,1-2H3. The first kappa shape index (κ1) is 18.1. The van der Waals surface area contributed by atoms with Gasteiger partial charge in [-0.05, 0) is 24.1 Å². The van der Waals surface area contributed by atoms with Crippen molar-refractivity contribution in [2.24, 2.45) is 0 Å². The number of amides is 1. The smallest absolute Gasteiger partial charge is 0.257 e. The number of nitrogens with zero attached hydrogens (tertiary/aromatic N) is 7. The molecule has 0 spiro atoms. The molecule has 144 valence electrons. The third-order valence-corrected chi connectivity index (χ3v) is 4.85. The fraction of sp³-hybridized carbons (Fsp3) is 0.350. The number of hydrogen-bond donors (Lipinski definition) is 0. The van der Waals surface area contributed by atoms with E-state index in [1.165, 1.54) is 0 Å². The van der Waals surface area contributed by atoms with E-state index in [1.54, 1.807) is 35.5 Å². The molecular formula is C20H23N7O. The van der Waals surface area contributed by atoms with Gasteiger partial charge in [-0.1, -0.05) is 19.9 Å². The van der Waals surface area contributed by atoms with Crippen molar-refractivity contribution in [2.45, 2.75) is 19.8 Å². The Morgan fingerprint density at radius 1 is 0.964 bits per heavy atom. The van der Waals surface area contributed by atoms with Crippen molar-refractivity contribution < 1.29 is 4.79 Å². The second kappa shape index (κ2) is 7.75. The summed E-state index contributed by atoms with van der Waals surface area (Å²) in [6, 6.07) is 7.48. The highest BCUT2D eigenvalue weighted by Gasteiger charge is 2.28. The lowest BCUT2D eigenvalue weighted by atomic mass is 10.0. The van der Waals surface area contributed by atoms with E-state index in [2.05, 4.69) is 38.8 Å². The average molecular weight is 377 g/mol. The molecule has 0 unspecified atom stereocenters. The summed E-state index contributed by atoms with van der Waals surface area (Å²) in [5.41, 5.74) is 1.53. The molecule has 0 aromatic carbocycles. The molecular weight excluding hydrogens is 354 g/mol. The number of pyridine rings is 1. The molecule has 4 heterocycles. The summed E-state index contributed by atoms with van der Waals surface area (Å²) in [6.45, 7) is 6.81. The second-order valence-electron chi connectivity index (χ2n) is 7.03. The zero-order valence-corrected chi connectivity index (χ0v) is 16.1. The summed E-state index contributed by atoms with van der Waals surface area (Å²) in [6.07, 6.45) is 6.87. The van der Waals surface area contributed by atoms with Gasteiger partial charge in [0.25, 0.3) is 5.91 Å². The first-order valence-electron chi connectivity index (χ1n) is 9.45. The Balaban J connectivity index is 1.54. The average Bonchev–Trinajstić information content (AvgIpc) is 3.20. The largest absolute Gasteiger partial charge is 0.337 e. The zero-order chi connectivity index (χ0) is 19.5. The summed E-state index contributed by atoms with van der Waals surface area (Å²) in [7, 11) is 0. The van der Waals surface area contributed by atoms with Gasteiger partial charge in [-0.25, -0.2) is 19.6 Å². The summed E-state index contributed by atoms with van der Waals surface area (Å²) in [4.78, 5) is 30.2. The Morgan fingerprint density at radius 3 is 2.32 bits per heavy atom. The van der Waals surface area contributed by atoms with E-state index >= 15 is 0 Å². The first-order chi connectivity index (χ1) is 13.6. The van der Waals surface area contributed by atoms with Crippen molar-refractivity contribution in [1.29, 1.82) is 0 Å². The van der Waals surface area contributed by atoms with Gasteiger partial charge in [0, 0.05) is 44.8 Å². The normalized spacial score (nSPS) is 14.5. The van der Waals surface area contributed by atoms with E-state index < -0.39 is 0 Å². The molecule has 0 atom stereocenters. The van der Waals surface area contributed by atoms with Crippen molar-refractivity contribution in [3.05, 3.63) is 60.3 Å². The Hall–Kier alpha value is -3.29. The molecule has 1 fully saturated rings. The molecule has 0 aliphatic carbocycles. The molecule has 1 aliphatic rings. The van der Waals surface area contributed by atoms with E-state index in [-0.39, 0.29) is 11.8 Å². The molecule has 0 N–H and O–H groups in total. The third kappa shape index (κ3) is 3.45. The van der Waals surface area contributed by atoms with Crippen LogP contribution < -0.4 is 4.90 Å². The summed E-state index contributed by atoms with van der Waals surface area (Å²) in [5, 5.41) is 4.46. The Bertz CT molecular complexity index is 932. The quantitative estimate of drug-likeness (QED) is 0.693. The van der Waals surface area contributed by atoms with E-state index in [0.717, 1.165) is 11.5 Å². The number of aromatic nitrogens is 5. The van der Waals surface area contributed by atoms with Crippen LogP contribution in [0.15, 0.2) is 49.1 Å².